The molecule has 0 aliphatic carbocycles. The van der Waals surface area contributed by atoms with Crippen LogP contribution < -0.4 is 10.1 Å². The van der Waals surface area contributed by atoms with Crippen molar-refractivity contribution in [2.24, 2.45) is 0 Å². The third kappa shape index (κ3) is 5.06. The van der Waals surface area contributed by atoms with Crippen molar-refractivity contribution in [1.29, 1.82) is 0 Å². The molecule has 0 spiro atoms. The Morgan fingerprint density at radius 1 is 1.17 bits per heavy atom. The third-order valence-corrected chi connectivity index (χ3v) is 5.52. The molecule has 0 aliphatic rings. The van der Waals surface area contributed by atoms with Gasteiger partial charge in [0.25, 0.3) is 5.91 Å². The van der Waals surface area contributed by atoms with Gasteiger partial charge in [-0.2, -0.15) is 5.10 Å². The van der Waals surface area contributed by atoms with Crippen LogP contribution >= 0.6 is 22.9 Å². The number of nitrogens with zero attached hydrogens (tertiary/aromatic N) is 2. The van der Waals surface area contributed by atoms with Gasteiger partial charge in [-0.05, 0) is 41.3 Å². The van der Waals surface area contributed by atoms with Crippen LogP contribution in [0.25, 0.3) is 0 Å². The number of hydrogen-bond donors (Lipinski definition) is 1. The van der Waals surface area contributed by atoms with E-state index in [1.54, 1.807) is 41.3 Å². The Labute approximate surface area is 181 Å². The van der Waals surface area contributed by atoms with Crippen LogP contribution in [-0.4, -0.2) is 15.7 Å². The fourth-order valence-corrected chi connectivity index (χ4v) is 3.81. The molecule has 5 nitrogen and oxygen atoms in total. The molecule has 2 aromatic carbocycles. The van der Waals surface area contributed by atoms with Crippen molar-refractivity contribution >= 4 is 34.5 Å². The molecule has 30 heavy (non-hydrogen) atoms. The summed E-state index contributed by atoms with van der Waals surface area (Å²) < 4.78 is 20.7. The van der Waals surface area contributed by atoms with Crippen molar-refractivity contribution in [3.8, 4) is 5.75 Å². The number of aromatic nitrogens is 2. The first-order valence-corrected chi connectivity index (χ1v) is 10.4. The molecule has 0 fully saturated rings. The fraction of sp³-hybridized carbons (Fsp3) is 0.0909. The molecule has 0 aliphatic heterocycles. The number of hydrogen-bond acceptors (Lipinski definition) is 4. The van der Waals surface area contributed by atoms with E-state index in [-0.39, 0.29) is 11.7 Å². The molecule has 1 amide bonds. The highest BCUT2D eigenvalue weighted by atomic mass is 35.5. The molecule has 0 atom stereocenters. The fourth-order valence-electron chi connectivity index (χ4n) is 2.82. The maximum absolute atomic E-state index is 13.3. The minimum atomic E-state index is -0.291. The van der Waals surface area contributed by atoms with Gasteiger partial charge in [0, 0.05) is 11.8 Å². The first-order chi connectivity index (χ1) is 14.6. The number of carbonyl (C=O) groups excluding carboxylic acids is 1. The molecule has 8 heteroatoms. The van der Waals surface area contributed by atoms with Crippen molar-refractivity contribution in [3.63, 3.8) is 0 Å². The number of anilines is 1. The molecular weight excluding hydrogens is 425 g/mol. The van der Waals surface area contributed by atoms with Gasteiger partial charge in [-0.25, -0.2) is 4.39 Å². The van der Waals surface area contributed by atoms with Gasteiger partial charge in [0.1, 0.15) is 18.2 Å². The second kappa shape index (κ2) is 9.11. The summed E-state index contributed by atoms with van der Waals surface area (Å²) in [6.45, 7) is 0.731. The van der Waals surface area contributed by atoms with E-state index in [4.69, 9.17) is 16.3 Å². The van der Waals surface area contributed by atoms with E-state index >= 15 is 0 Å². The average Bonchev–Trinajstić information content (AvgIpc) is 3.37. The summed E-state index contributed by atoms with van der Waals surface area (Å²) in [6, 6.07) is 15.4. The summed E-state index contributed by atoms with van der Waals surface area (Å²) in [5, 5.41) is 9.46. The van der Waals surface area contributed by atoms with E-state index < -0.39 is 0 Å². The van der Waals surface area contributed by atoms with Crippen LogP contribution in [-0.2, 0) is 13.2 Å². The molecule has 0 saturated heterocycles. The largest absolute Gasteiger partial charge is 0.487 e. The first kappa shape index (κ1) is 20.1. The van der Waals surface area contributed by atoms with Gasteiger partial charge < -0.3 is 10.1 Å². The monoisotopic (exact) mass is 441 g/mol. The number of carbonyl (C=O) groups is 1. The van der Waals surface area contributed by atoms with Gasteiger partial charge in [0.2, 0.25) is 0 Å². The highest BCUT2D eigenvalue weighted by Crippen LogP contribution is 2.25. The molecule has 0 radical (unpaired) electrons. The standard InChI is InChI=1S/C22H17ClFN3O2S/c23-19-6-1-2-7-20(19)29-13-16-9-21(30-14-16)22(28)26-18-10-25-27(12-18)11-15-4-3-5-17(24)8-15/h1-10,12,14H,11,13H2,(H,26,28). The molecule has 2 heterocycles. The zero-order valence-electron chi connectivity index (χ0n) is 15.7. The van der Waals surface area contributed by atoms with E-state index in [2.05, 4.69) is 10.4 Å². The maximum Gasteiger partial charge on any atom is 0.265 e. The quantitative estimate of drug-likeness (QED) is 0.405. The second-order valence-electron chi connectivity index (χ2n) is 6.55. The third-order valence-electron chi connectivity index (χ3n) is 4.23. The normalized spacial score (nSPS) is 10.7. The van der Waals surface area contributed by atoms with Crippen LogP contribution in [0.4, 0.5) is 10.1 Å². The minimum Gasteiger partial charge on any atom is -0.487 e. The van der Waals surface area contributed by atoms with Gasteiger partial charge >= 0.3 is 0 Å². The predicted octanol–water partition coefficient (Wildman–Crippen LogP) is 5.62. The summed E-state index contributed by atoms with van der Waals surface area (Å²) in [4.78, 5) is 13.1. The Balaban J connectivity index is 1.34. The number of benzene rings is 2. The lowest BCUT2D eigenvalue weighted by molar-refractivity contribution is 0.103. The number of rotatable bonds is 7. The van der Waals surface area contributed by atoms with Crippen molar-refractivity contribution < 1.29 is 13.9 Å². The Morgan fingerprint density at radius 3 is 2.87 bits per heavy atom. The molecule has 1 N–H and O–H groups in total. The van der Waals surface area contributed by atoms with Crippen molar-refractivity contribution in [3.05, 3.63) is 99.2 Å². The number of ether oxygens (including phenoxy) is 1. The van der Waals surface area contributed by atoms with Crippen LogP contribution in [0.1, 0.15) is 20.8 Å². The van der Waals surface area contributed by atoms with Gasteiger partial charge in [0.15, 0.2) is 0 Å². The SMILES string of the molecule is O=C(Nc1cnn(Cc2cccc(F)c2)c1)c1cc(COc2ccccc2Cl)cs1. The minimum absolute atomic E-state index is 0.228. The second-order valence-corrected chi connectivity index (χ2v) is 7.87. The zero-order chi connectivity index (χ0) is 20.9. The lowest BCUT2D eigenvalue weighted by atomic mass is 10.2. The van der Waals surface area contributed by atoms with Crippen molar-refractivity contribution in [2.75, 3.05) is 5.32 Å². The summed E-state index contributed by atoms with van der Waals surface area (Å²) in [6.07, 6.45) is 3.27. The molecule has 4 aromatic rings. The van der Waals surface area contributed by atoms with Crippen LogP contribution in [0.5, 0.6) is 5.75 Å². The van der Waals surface area contributed by atoms with Crippen molar-refractivity contribution in [2.45, 2.75) is 13.2 Å². The molecule has 0 saturated carbocycles. The van der Waals surface area contributed by atoms with E-state index in [0.29, 0.717) is 34.5 Å². The molecule has 4 rings (SSSR count). The van der Waals surface area contributed by atoms with Crippen LogP contribution in [0.2, 0.25) is 5.02 Å². The maximum atomic E-state index is 13.3. The Bertz CT molecular complexity index is 1170. The summed E-state index contributed by atoms with van der Waals surface area (Å²) in [7, 11) is 0. The topological polar surface area (TPSA) is 56.2 Å². The lowest BCUT2D eigenvalue weighted by Crippen LogP contribution is -2.09. The molecule has 152 valence electrons. The summed E-state index contributed by atoms with van der Waals surface area (Å²) in [5.41, 5.74) is 2.24. The van der Waals surface area contributed by atoms with Gasteiger partial charge in [-0.1, -0.05) is 35.9 Å². The predicted molar refractivity (Wildman–Crippen MR) is 116 cm³/mol. The van der Waals surface area contributed by atoms with E-state index in [1.807, 2.05) is 23.6 Å². The Morgan fingerprint density at radius 2 is 2.03 bits per heavy atom. The summed E-state index contributed by atoms with van der Waals surface area (Å²) in [5.74, 6) is 0.0802. The number of thiophene rings is 1. The van der Waals surface area contributed by atoms with Crippen LogP contribution in [0, 0.1) is 5.82 Å². The smallest absolute Gasteiger partial charge is 0.265 e. The molecule has 0 bridgehead atoms. The number of nitrogens with one attached hydrogen (secondary N) is 1. The highest BCUT2D eigenvalue weighted by molar-refractivity contribution is 7.12. The van der Waals surface area contributed by atoms with Gasteiger partial charge in [0.05, 0.1) is 28.3 Å². The van der Waals surface area contributed by atoms with Crippen LogP contribution in [0.3, 0.4) is 0 Å². The molecule has 2 aromatic heterocycles. The number of amides is 1. The first-order valence-electron chi connectivity index (χ1n) is 9.10. The molecular formula is C22H17ClFN3O2S. The number of para-hydroxylation sites is 1. The average molecular weight is 442 g/mol. The zero-order valence-corrected chi connectivity index (χ0v) is 17.3. The van der Waals surface area contributed by atoms with Crippen molar-refractivity contribution in [1.82, 2.24) is 9.78 Å². The van der Waals surface area contributed by atoms with E-state index in [9.17, 15) is 9.18 Å². The van der Waals surface area contributed by atoms with Gasteiger partial charge in [-0.15, -0.1) is 11.3 Å². The Kier molecular flexibility index (Phi) is 6.11. The summed E-state index contributed by atoms with van der Waals surface area (Å²) >= 11 is 7.42. The lowest BCUT2D eigenvalue weighted by Gasteiger charge is -2.06. The van der Waals surface area contributed by atoms with E-state index in [0.717, 1.165) is 11.1 Å². The Hall–Kier alpha value is -3.16. The molecule has 0 unspecified atom stereocenters. The van der Waals surface area contributed by atoms with Gasteiger partial charge in [-0.3, -0.25) is 9.48 Å². The van der Waals surface area contributed by atoms with E-state index in [1.165, 1.54) is 23.5 Å². The number of halogens is 2. The highest BCUT2D eigenvalue weighted by Gasteiger charge is 2.12. The van der Waals surface area contributed by atoms with Crippen LogP contribution in [0.15, 0.2) is 72.4 Å².